The summed E-state index contributed by atoms with van der Waals surface area (Å²) in [7, 11) is 3.88. The molecular formula is C16H17ClN2O2. The highest BCUT2D eigenvalue weighted by Gasteiger charge is 2.13. The van der Waals surface area contributed by atoms with Crippen LogP contribution in [-0.2, 0) is 0 Å². The predicted molar refractivity (Wildman–Crippen MR) is 86.6 cm³/mol. The zero-order valence-corrected chi connectivity index (χ0v) is 12.9. The number of aromatic hydroxyl groups is 1. The molecule has 4 nitrogen and oxygen atoms in total. The largest absolute Gasteiger partial charge is 0.507 e. The van der Waals surface area contributed by atoms with Gasteiger partial charge < -0.3 is 15.3 Å². The van der Waals surface area contributed by atoms with Crippen molar-refractivity contribution >= 4 is 28.9 Å². The van der Waals surface area contributed by atoms with Crippen LogP contribution in [0.5, 0.6) is 5.75 Å². The molecule has 0 spiro atoms. The van der Waals surface area contributed by atoms with Gasteiger partial charge in [0.25, 0.3) is 5.91 Å². The first-order valence-electron chi connectivity index (χ1n) is 6.46. The molecule has 0 fully saturated rings. The molecule has 5 heteroatoms. The first-order valence-corrected chi connectivity index (χ1v) is 6.84. The van der Waals surface area contributed by atoms with Crippen LogP contribution in [0.1, 0.15) is 15.9 Å². The van der Waals surface area contributed by atoms with E-state index in [2.05, 4.69) is 5.32 Å². The lowest BCUT2D eigenvalue weighted by Gasteiger charge is -2.17. The maximum atomic E-state index is 12.2. The van der Waals surface area contributed by atoms with Gasteiger partial charge in [-0.2, -0.15) is 0 Å². The second-order valence-electron chi connectivity index (χ2n) is 5.01. The van der Waals surface area contributed by atoms with Gasteiger partial charge in [0.2, 0.25) is 0 Å². The van der Waals surface area contributed by atoms with E-state index in [0.29, 0.717) is 10.7 Å². The number of phenolic OH excluding ortho intramolecular Hbond substituents is 1. The molecule has 2 N–H and O–H groups in total. The molecule has 2 aromatic carbocycles. The normalized spacial score (nSPS) is 10.3. The minimum atomic E-state index is -0.399. The standard InChI is InChI=1S/C16H17ClN2O2/c1-10-4-6-12(9-14(10)19(2)3)18-16(21)13-8-11(17)5-7-15(13)20/h4-9,20H,1-3H3,(H,18,21). The SMILES string of the molecule is Cc1ccc(NC(=O)c2cc(Cl)ccc2O)cc1N(C)C. The van der Waals surface area contributed by atoms with E-state index in [1.54, 1.807) is 0 Å². The topological polar surface area (TPSA) is 52.6 Å². The van der Waals surface area contributed by atoms with Crippen molar-refractivity contribution in [3.05, 3.63) is 52.5 Å². The second-order valence-corrected chi connectivity index (χ2v) is 5.45. The van der Waals surface area contributed by atoms with Crippen molar-refractivity contribution in [3.8, 4) is 5.75 Å². The summed E-state index contributed by atoms with van der Waals surface area (Å²) in [6.07, 6.45) is 0. The number of anilines is 2. The van der Waals surface area contributed by atoms with E-state index in [9.17, 15) is 9.90 Å². The monoisotopic (exact) mass is 304 g/mol. The summed E-state index contributed by atoms with van der Waals surface area (Å²) < 4.78 is 0. The molecule has 0 atom stereocenters. The van der Waals surface area contributed by atoms with Crippen LogP contribution < -0.4 is 10.2 Å². The lowest BCUT2D eigenvalue weighted by Crippen LogP contribution is -2.14. The molecule has 110 valence electrons. The Kier molecular flexibility index (Phi) is 4.38. The quantitative estimate of drug-likeness (QED) is 0.909. The summed E-state index contributed by atoms with van der Waals surface area (Å²) in [4.78, 5) is 14.2. The number of rotatable bonds is 3. The van der Waals surface area contributed by atoms with Crippen molar-refractivity contribution in [1.29, 1.82) is 0 Å². The highest BCUT2D eigenvalue weighted by molar-refractivity contribution is 6.31. The van der Waals surface area contributed by atoms with Gasteiger partial charge in [-0.05, 0) is 42.8 Å². The minimum absolute atomic E-state index is 0.100. The summed E-state index contributed by atoms with van der Waals surface area (Å²) in [6.45, 7) is 2.00. The van der Waals surface area contributed by atoms with Crippen LogP contribution in [0.15, 0.2) is 36.4 Å². The zero-order valence-electron chi connectivity index (χ0n) is 12.1. The van der Waals surface area contributed by atoms with E-state index in [4.69, 9.17) is 11.6 Å². The van der Waals surface area contributed by atoms with Crippen molar-refractivity contribution < 1.29 is 9.90 Å². The summed E-state index contributed by atoms with van der Waals surface area (Å²) in [5.74, 6) is -0.500. The number of carbonyl (C=O) groups excluding carboxylic acids is 1. The highest BCUT2D eigenvalue weighted by atomic mass is 35.5. The van der Waals surface area contributed by atoms with Gasteiger partial charge in [0.1, 0.15) is 5.75 Å². The molecule has 21 heavy (non-hydrogen) atoms. The Labute approximate surface area is 129 Å². The number of nitrogens with zero attached hydrogens (tertiary/aromatic N) is 1. The first kappa shape index (κ1) is 15.2. The Balaban J connectivity index is 2.27. The molecule has 0 saturated carbocycles. The molecule has 2 aromatic rings. The van der Waals surface area contributed by atoms with Crippen LogP contribution in [0.4, 0.5) is 11.4 Å². The van der Waals surface area contributed by atoms with Gasteiger partial charge in [0, 0.05) is 30.5 Å². The summed E-state index contributed by atoms with van der Waals surface area (Å²) in [6, 6.07) is 10.0. The fraction of sp³-hybridized carbons (Fsp3) is 0.188. The Hall–Kier alpha value is -2.20. The van der Waals surface area contributed by atoms with E-state index >= 15 is 0 Å². The van der Waals surface area contributed by atoms with Gasteiger partial charge >= 0.3 is 0 Å². The number of halogens is 1. The van der Waals surface area contributed by atoms with Crippen LogP contribution >= 0.6 is 11.6 Å². The van der Waals surface area contributed by atoms with E-state index in [1.165, 1.54) is 18.2 Å². The van der Waals surface area contributed by atoms with Gasteiger partial charge in [0.05, 0.1) is 5.56 Å². The van der Waals surface area contributed by atoms with E-state index in [-0.39, 0.29) is 11.3 Å². The molecule has 0 aromatic heterocycles. The number of hydrogen-bond donors (Lipinski definition) is 2. The maximum absolute atomic E-state index is 12.2. The first-order chi connectivity index (χ1) is 9.88. The van der Waals surface area contributed by atoms with Crippen LogP contribution in [0, 0.1) is 6.92 Å². The Bertz CT molecular complexity index is 684. The second kappa shape index (κ2) is 6.06. The number of aryl methyl sites for hydroxylation is 1. The van der Waals surface area contributed by atoms with E-state index in [1.807, 2.05) is 44.1 Å². The molecule has 0 radical (unpaired) electrons. The van der Waals surface area contributed by atoms with Gasteiger partial charge in [-0.3, -0.25) is 4.79 Å². The number of hydrogen-bond acceptors (Lipinski definition) is 3. The molecule has 0 aliphatic heterocycles. The Morgan fingerprint density at radius 1 is 1.19 bits per heavy atom. The molecular weight excluding hydrogens is 288 g/mol. The van der Waals surface area contributed by atoms with Gasteiger partial charge in [-0.25, -0.2) is 0 Å². The number of phenols is 1. The average Bonchev–Trinajstić information content (AvgIpc) is 2.43. The van der Waals surface area contributed by atoms with E-state index < -0.39 is 5.91 Å². The molecule has 0 unspecified atom stereocenters. The lowest BCUT2D eigenvalue weighted by molar-refractivity contribution is 0.102. The average molecular weight is 305 g/mol. The van der Waals surface area contributed by atoms with Crippen molar-refractivity contribution in [2.45, 2.75) is 6.92 Å². The third-order valence-corrected chi connectivity index (χ3v) is 3.39. The highest BCUT2D eigenvalue weighted by Crippen LogP contribution is 2.25. The molecule has 0 heterocycles. The molecule has 0 aliphatic rings. The zero-order chi connectivity index (χ0) is 15.6. The Morgan fingerprint density at radius 2 is 1.90 bits per heavy atom. The molecule has 0 bridgehead atoms. The minimum Gasteiger partial charge on any atom is -0.507 e. The van der Waals surface area contributed by atoms with Crippen molar-refractivity contribution in [2.24, 2.45) is 0 Å². The van der Waals surface area contributed by atoms with Crippen LogP contribution in [-0.4, -0.2) is 25.1 Å². The Morgan fingerprint density at radius 3 is 2.57 bits per heavy atom. The predicted octanol–water partition coefficient (Wildman–Crippen LogP) is 3.67. The summed E-state index contributed by atoms with van der Waals surface area (Å²) in [5, 5.41) is 12.9. The third-order valence-electron chi connectivity index (χ3n) is 3.15. The number of benzene rings is 2. The van der Waals surface area contributed by atoms with Crippen LogP contribution in [0.25, 0.3) is 0 Å². The third kappa shape index (κ3) is 3.47. The van der Waals surface area contributed by atoms with Gasteiger partial charge in [-0.1, -0.05) is 17.7 Å². The molecule has 2 rings (SSSR count). The van der Waals surface area contributed by atoms with Crippen LogP contribution in [0.3, 0.4) is 0 Å². The fourth-order valence-corrected chi connectivity index (χ4v) is 2.23. The number of carbonyl (C=O) groups is 1. The number of nitrogens with one attached hydrogen (secondary N) is 1. The van der Waals surface area contributed by atoms with Gasteiger partial charge in [0.15, 0.2) is 0 Å². The fourth-order valence-electron chi connectivity index (χ4n) is 2.06. The summed E-state index contributed by atoms with van der Waals surface area (Å²) >= 11 is 5.85. The lowest BCUT2D eigenvalue weighted by atomic mass is 10.1. The molecule has 0 aliphatic carbocycles. The number of amides is 1. The smallest absolute Gasteiger partial charge is 0.259 e. The van der Waals surface area contributed by atoms with Crippen molar-refractivity contribution in [1.82, 2.24) is 0 Å². The van der Waals surface area contributed by atoms with Crippen molar-refractivity contribution in [2.75, 3.05) is 24.3 Å². The van der Waals surface area contributed by atoms with E-state index in [0.717, 1.165) is 11.3 Å². The maximum Gasteiger partial charge on any atom is 0.259 e. The van der Waals surface area contributed by atoms with Gasteiger partial charge in [-0.15, -0.1) is 0 Å². The van der Waals surface area contributed by atoms with Crippen LogP contribution in [0.2, 0.25) is 5.02 Å². The summed E-state index contributed by atoms with van der Waals surface area (Å²) in [5.41, 5.74) is 2.94. The van der Waals surface area contributed by atoms with Crippen molar-refractivity contribution in [3.63, 3.8) is 0 Å². The molecule has 1 amide bonds. The molecule has 0 saturated heterocycles.